The molecule has 1 N–H and O–H groups in total. The van der Waals surface area contributed by atoms with Gasteiger partial charge in [0, 0.05) is 28.9 Å². The Kier molecular flexibility index (Phi) is 7.60. The van der Waals surface area contributed by atoms with Crippen molar-refractivity contribution < 1.29 is 5.11 Å². The highest BCUT2D eigenvalue weighted by Crippen LogP contribution is 2.39. The average Bonchev–Trinajstić information content (AvgIpc) is 3.55. The van der Waals surface area contributed by atoms with E-state index in [0.29, 0.717) is 11.4 Å². The van der Waals surface area contributed by atoms with Crippen LogP contribution in [0, 0.1) is 0 Å². The molecule has 0 aliphatic heterocycles. The van der Waals surface area contributed by atoms with Gasteiger partial charge >= 0.3 is 0 Å². The molecule has 4 nitrogen and oxygen atoms in total. The molecule has 0 spiro atoms. The molecule has 0 aliphatic carbocycles. The molecule has 8 rings (SSSR count). The standard InChI is InChI=1S/C44H33N3O/c1-30(31-14-5-2-6-15-31)33-24-25-40(45-29-33)36-27-34(32-16-7-3-8-17-32)26-35(28-36)38-21-13-22-41-43(38)46-44(39-20-11-12-23-42(39)48)47(41)37-18-9-4-10-19-37/h2-30,48H,1H3. The summed E-state index contributed by atoms with van der Waals surface area (Å²) in [5, 5.41) is 10.9. The summed E-state index contributed by atoms with van der Waals surface area (Å²) in [6.45, 7) is 2.22. The van der Waals surface area contributed by atoms with E-state index >= 15 is 0 Å². The zero-order valence-corrected chi connectivity index (χ0v) is 26.5. The lowest BCUT2D eigenvalue weighted by atomic mass is 9.92. The molecule has 0 aliphatic rings. The van der Waals surface area contributed by atoms with Gasteiger partial charge in [-0.2, -0.15) is 0 Å². The number of phenolic OH excluding ortho intramolecular Hbond substituents is 1. The number of hydrogen-bond acceptors (Lipinski definition) is 3. The molecule has 4 heteroatoms. The van der Waals surface area contributed by atoms with Crippen LogP contribution >= 0.6 is 0 Å². The van der Waals surface area contributed by atoms with Crippen LogP contribution in [0.3, 0.4) is 0 Å². The van der Waals surface area contributed by atoms with Gasteiger partial charge in [-0.25, -0.2) is 4.98 Å². The lowest BCUT2D eigenvalue weighted by Crippen LogP contribution is -1.97. The molecule has 0 radical (unpaired) electrons. The molecule has 8 aromatic rings. The second-order valence-corrected chi connectivity index (χ2v) is 12.1. The third-order valence-corrected chi connectivity index (χ3v) is 9.08. The van der Waals surface area contributed by atoms with Gasteiger partial charge < -0.3 is 5.11 Å². The third-order valence-electron chi connectivity index (χ3n) is 9.08. The first-order valence-electron chi connectivity index (χ1n) is 16.2. The number of rotatable bonds is 7. The molecular weight excluding hydrogens is 587 g/mol. The quantitative estimate of drug-likeness (QED) is 0.193. The van der Waals surface area contributed by atoms with Crippen LogP contribution < -0.4 is 0 Å². The number of phenols is 1. The summed E-state index contributed by atoms with van der Waals surface area (Å²) < 4.78 is 2.13. The minimum Gasteiger partial charge on any atom is -0.507 e. The summed E-state index contributed by atoms with van der Waals surface area (Å²) in [5.74, 6) is 1.12. The Labute approximate surface area is 280 Å². The number of benzene rings is 6. The van der Waals surface area contributed by atoms with Crippen molar-refractivity contribution >= 4 is 11.0 Å². The van der Waals surface area contributed by atoms with Crippen molar-refractivity contribution in [1.29, 1.82) is 0 Å². The van der Waals surface area contributed by atoms with E-state index in [2.05, 4.69) is 121 Å². The summed E-state index contributed by atoms with van der Waals surface area (Å²) >= 11 is 0. The van der Waals surface area contributed by atoms with E-state index in [9.17, 15) is 5.11 Å². The minimum atomic E-state index is 0.191. The summed E-state index contributed by atoms with van der Waals surface area (Å²) in [7, 11) is 0. The Bertz CT molecular complexity index is 2350. The fourth-order valence-corrected chi connectivity index (χ4v) is 6.51. The monoisotopic (exact) mass is 619 g/mol. The Morgan fingerprint density at radius 1 is 0.542 bits per heavy atom. The molecule has 0 saturated heterocycles. The minimum absolute atomic E-state index is 0.191. The van der Waals surface area contributed by atoms with Crippen molar-refractivity contribution in [2.24, 2.45) is 0 Å². The van der Waals surface area contributed by atoms with Gasteiger partial charge in [0.15, 0.2) is 0 Å². The van der Waals surface area contributed by atoms with Gasteiger partial charge in [-0.3, -0.25) is 9.55 Å². The maximum atomic E-state index is 10.9. The zero-order chi connectivity index (χ0) is 32.5. The molecule has 48 heavy (non-hydrogen) atoms. The van der Waals surface area contributed by atoms with Gasteiger partial charge in [0.25, 0.3) is 0 Å². The van der Waals surface area contributed by atoms with Crippen LogP contribution in [0.1, 0.15) is 24.0 Å². The van der Waals surface area contributed by atoms with Gasteiger partial charge in [0.05, 0.1) is 22.3 Å². The van der Waals surface area contributed by atoms with Crippen LogP contribution in [0.5, 0.6) is 5.75 Å². The molecule has 1 unspecified atom stereocenters. The normalized spacial score (nSPS) is 11.9. The number of para-hydroxylation sites is 3. The van der Waals surface area contributed by atoms with E-state index in [4.69, 9.17) is 9.97 Å². The van der Waals surface area contributed by atoms with Crippen molar-refractivity contribution in [3.63, 3.8) is 0 Å². The smallest absolute Gasteiger partial charge is 0.149 e. The summed E-state index contributed by atoms with van der Waals surface area (Å²) in [6.07, 6.45) is 2.00. The third kappa shape index (κ3) is 5.44. The molecule has 0 saturated carbocycles. The van der Waals surface area contributed by atoms with Crippen LogP contribution in [0.2, 0.25) is 0 Å². The highest BCUT2D eigenvalue weighted by Gasteiger charge is 2.20. The summed E-state index contributed by atoms with van der Waals surface area (Å²) in [5.41, 5.74) is 12.1. The first kappa shape index (κ1) is 29.2. The van der Waals surface area contributed by atoms with Gasteiger partial charge in [-0.15, -0.1) is 0 Å². The maximum Gasteiger partial charge on any atom is 0.149 e. The largest absolute Gasteiger partial charge is 0.507 e. The predicted molar refractivity (Wildman–Crippen MR) is 196 cm³/mol. The van der Waals surface area contributed by atoms with Crippen molar-refractivity contribution in [3.05, 3.63) is 181 Å². The SMILES string of the molecule is CC(c1ccccc1)c1ccc(-c2cc(-c3ccccc3)cc(-c3cccc4c3nc(-c3ccccc3O)n4-c3ccccc3)c2)nc1. The van der Waals surface area contributed by atoms with Gasteiger partial charge in [0.1, 0.15) is 11.6 Å². The lowest BCUT2D eigenvalue weighted by Gasteiger charge is -2.14. The molecule has 230 valence electrons. The first-order valence-corrected chi connectivity index (χ1v) is 16.2. The molecule has 2 aromatic heterocycles. The molecule has 6 aromatic carbocycles. The van der Waals surface area contributed by atoms with Crippen LogP contribution in [0.25, 0.3) is 61.6 Å². The van der Waals surface area contributed by atoms with Crippen LogP contribution in [0.4, 0.5) is 0 Å². The second kappa shape index (κ2) is 12.5. The van der Waals surface area contributed by atoms with E-state index < -0.39 is 0 Å². The zero-order valence-electron chi connectivity index (χ0n) is 26.5. The summed E-state index contributed by atoms with van der Waals surface area (Å²) in [4.78, 5) is 10.2. The van der Waals surface area contributed by atoms with Gasteiger partial charge in [0.2, 0.25) is 0 Å². The number of hydrogen-bond donors (Lipinski definition) is 1. The highest BCUT2D eigenvalue weighted by atomic mass is 16.3. The summed E-state index contributed by atoms with van der Waals surface area (Å²) in [6, 6.07) is 55.9. The van der Waals surface area contributed by atoms with E-state index in [1.807, 2.05) is 54.7 Å². The van der Waals surface area contributed by atoms with Crippen LogP contribution in [-0.4, -0.2) is 19.6 Å². The number of nitrogens with zero attached hydrogens (tertiary/aromatic N) is 3. The van der Waals surface area contributed by atoms with Crippen molar-refractivity contribution in [2.75, 3.05) is 0 Å². The Morgan fingerprint density at radius 3 is 1.92 bits per heavy atom. The Hall–Kier alpha value is -6.26. The second-order valence-electron chi connectivity index (χ2n) is 12.1. The highest BCUT2D eigenvalue weighted by molar-refractivity contribution is 5.97. The van der Waals surface area contributed by atoms with E-state index in [1.54, 1.807) is 6.07 Å². The van der Waals surface area contributed by atoms with E-state index in [-0.39, 0.29) is 11.7 Å². The number of imidazole rings is 1. The average molecular weight is 620 g/mol. The molecule has 0 bridgehead atoms. The Balaban J connectivity index is 1.31. The molecule has 2 heterocycles. The number of fused-ring (bicyclic) bond motifs is 1. The molecule has 1 atom stereocenters. The first-order chi connectivity index (χ1) is 23.6. The van der Waals surface area contributed by atoms with E-state index in [0.717, 1.165) is 50.2 Å². The van der Waals surface area contributed by atoms with Crippen molar-refractivity contribution in [3.8, 4) is 56.3 Å². The number of aromatic hydroxyl groups is 1. The molecule has 0 amide bonds. The molecular formula is C44H33N3O. The van der Waals surface area contributed by atoms with Gasteiger partial charge in [-0.05, 0) is 82.4 Å². The van der Waals surface area contributed by atoms with Gasteiger partial charge in [-0.1, -0.05) is 116 Å². The van der Waals surface area contributed by atoms with Crippen LogP contribution in [0.15, 0.2) is 170 Å². The number of aromatic nitrogens is 3. The fraction of sp³-hybridized carbons (Fsp3) is 0.0455. The fourth-order valence-electron chi connectivity index (χ4n) is 6.51. The maximum absolute atomic E-state index is 10.9. The predicted octanol–water partition coefficient (Wildman–Crippen LogP) is 10.9. The topological polar surface area (TPSA) is 50.9 Å². The Morgan fingerprint density at radius 2 is 1.19 bits per heavy atom. The lowest BCUT2D eigenvalue weighted by molar-refractivity contribution is 0.477. The van der Waals surface area contributed by atoms with Crippen molar-refractivity contribution in [2.45, 2.75) is 12.8 Å². The van der Waals surface area contributed by atoms with E-state index in [1.165, 1.54) is 11.1 Å². The number of pyridine rings is 1. The molecule has 0 fully saturated rings. The van der Waals surface area contributed by atoms with Crippen LogP contribution in [-0.2, 0) is 0 Å². The van der Waals surface area contributed by atoms with Crippen molar-refractivity contribution in [1.82, 2.24) is 14.5 Å².